The summed E-state index contributed by atoms with van der Waals surface area (Å²) in [5.41, 5.74) is 6.78. The van der Waals surface area contributed by atoms with E-state index in [1.807, 2.05) is 38.1 Å². The van der Waals surface area contributed by atoms with Crippen LogP contribution in [0.5, 0.6) is 0 Å². The van der Waals surface area contributed by atoms with Crippen molar-refractivity contribution in [3.63, 3.8) is 0 Å². The smallest absolute Gasteiger partial charge is 0.255 e. The normalized spacial score (nSPS) is 18.4. The van der Waals surface area contributed by atoms with Crippen molar-refractivity contribution in [3.8, 4) is 0 Å². The Labute approximate surface area is 119 Å². The van der Waals surface area contributed by atoms with Gasteiger partial charge in [-0.15, -0.1) is 0 Å². The molecular weight excluding hydrogens is 254 g/mol. The van der Waals surface area contributed by atoms with Gasteiger partial charge in [0.25, 0.3) is 5.91 Å². The van der Waals surface area contributed by atoms with Crippen LogP contribution in [0.1, 0.15) is 30.6 Å². The van der Waals surface area contributed by atoms with Crippen LogP contribution in [0.15, 0.2) is 24.3 Å². The highest BCUT2D eigenvalue weighted by atomic mass is 16.2. The number of rotatable bonds is 4. The monoisotopic (exact) mass is 275 g/mol. The van der Waals surface area contributed by atoms with Gasteiger partial charge < -0.3 is 16.0 Å². The number of anilines is 1. The van der Waals surface area contributed by atoms with E-state index in [1.165, 1.54) is 0 Å². The van der Waals surface area contributed by atoms with Crippen LogP contribution in [0, 0.1) is 5.92 Å². The van der Waals surface area contributed by atoms with E-state index in [0.29, 0.717) is 25.1 Å². The Kier molecular flexibility index (Phi) is 4.27. The maximum atomic E-state index is 12.6. The Hall–Kier alpha value is -2.04. The highest BCUT2D eigenvalue weighted by molar-refractivity contribution is 6.00. The van der Waals surface area contributed by atoms with Gasteiger partial charge in [-0.1, -0.05) is 12.1 Å². The number of nitrogens with one attached hydrogen (secondary N) is 1. The van der Waals surface area contributed by atoms with E-state index in [2.05, 4.69) is 5.32 Å². The van der Waals surface area contributed by atoms with Crippen molar-refractivity contribution >= 4 is 17.5 Å². The third-order valence-electron chi connectivity index (χ3n) is 3.48. The molecule has 0 aliphatic carbocycles. The third-order valence-corrected chi connectivity index (χ3v) is 3.48. The fourth-order valence-corrected chi connectivity index (χ4v) is 2.45. The van der Waals surface area contributed by atoms with E-state index in [-0.39, 0.29) is 23.8 Å². The maximum absolute atomic E-state index is 12.6. The van der Waals surface area contributed by atoms with Crippen molar-refractivity contribution in [1.82, 2.24) is 4.90 Å². The van der Waals surface area contributed by atoms with Gasteiger partial charge in [-0.3, -0.25) is 9.59 Å². The summed E-state index contributed by atoms with van der Waals surface area (Å²) in [6.45, 7) is 5.06. The molecule has 108 valence electrons. The van der Waals surface area contributed by atoms with Gasteiger partial charge in [0, 0.05) is 24.8 Å². The molecule has 1 heterocycles. The molecule has 2 rings (SSSR count). The van der Waals surface area contributed by atoms with Crippen LogP contribution in [0.4, 0.5) is 5.69 Å². The van der Waals surface area contributed by atoms with Crippen LogP contribution in [-0.4, -0.2) is 35.8 Å². The van der Waals surface area contributed by atoms with Crippen LogP contribution in [0.2, 0.25) is 0 Å². The quantitative estimate of drug-likeness (QED) is 0.873. The summed E-state index contributed by atoms with van der Waals surface area (Å²) in [6, 6.07) is 7.71. The summed E-state index contributed by atoms with van der Waals surface area (Å²) in [6.07, 6.45) is 0.654. The summed E-state index contributed by atoms with van der Waals surface area (Å²) >= 11 is 0. The molecule has 20 heavy (non-hydrogen) atoms. The molecule has 1 aliphatic heterocycles. The van der Waals surface area contributed by atoms with Crippen molar-refractivity contribution in [2.24, 2.45) is 11.7 Å². The molecule has 1 atom stereocenters. The van der Waals surface area contributed by atoms with E-state index >= 15 is 0 Å². The zero-order chi connectivity index (χ0) is 14.7. The first-order valence-electron chi connectivity index (χ1n) is 6.93. The molecule has 1 unspecified atom stereocenters. The number of primary amides is 1. The summed E-state index contributed by atoms with van der Waals surface area (Å²) in [4.78, 5) is 25.4. The predicted molar refractivity (Wildman–Crippen MR) is 78.4 cm³/mol. The Morgan fingerprint density at radius 3 is 2.65 bits per heavy atom. The largest absolute Gasteiger partial charge is 0.382 e. The minimum absolute atomic E-state index is 0.0440. The van der Waals surface area contributed by atoms with E-state index in [1.54, 1.807) is 4.90 Å². The number of amides is 2. The Balaban J connectivity index is 2.16. The maximum Gasteiger partial charge on any atom is 0.255 e. The Morgan fingerprint density at radius 1 is 1.35 bits per heavy atom. The molecule has 2 amide bonds. The molecule has 1 aromatic rings. The zero-order valence-electron chi connectivity index (χ0n) is 11.9. The van der Waals surface area contributed by atoms with E-state index in [0.717, 1.165) is 5.69 Å². The van der Waals surface area contributed by atoms with Crippen molar-refractivity contribution in [3.05, 3.63) is 29.8 Å². The SMILES string of the molecule is CC(C)Nc1ccccc1C(=O)N1CCC(C(N)=O)C1. The summed E-state index contributed by atoms with van der Waals surface area (Å²) in [7, 11) is 0. The standard InChI is InChI=1S/C15H21N3O2/c1-10(2)17-13-6-4-3-5-12(13)15(20)18-8-7-11(9-18)14(16)19/h3-6,10-11,17H,7-9H2,1-2H3,(H2,16,19). The van der Waals surface area contributed by atoms with Crippen molar-refractivity contribution in [2.75, 3.05) is 18.4 Å². The highest BCUT2D eigenvalue weighted by Crippen LogP contribution is 2.23. The van der Waals surface area contributed by atoms with Crippen LogP contribution in [0.25, 0.3) is 0 Å². The molecule has 1 fully saturated rings. The first-order valence-corrected chi connectivity index (χ1v) is 6.93. The van der Waals surface area contributed by atoms with Crippen molar-refractivity contribution < 1.29 is 9.59 Å². The number of hydrogen-bond acceptors (Lipinski definition) is 3. The summed E-state index contributed by atoms with van der Waals surface area (Å²) in [5.74, 6) is -0.587. The molecule has 0 saturated carbocycles. The molecule has 3 N–H and O–H groups in total. The lowest BCUT2D eigenvalue weighted by Crippen LogP contribution is -2.32. The molecule has 0 spiro atoms. The molecule has 1 aromatic carbocycles. The van der Waals surface area contributed by atoms with Gasteiger partial charge in [-0.05, 0) is 32.4 Å². The predicted octanol–water partition coefficient (Wildman–Crippen LogP) is 1.45. The fourth-order valence-electron chi connectivity index (χ4n) is 2.45. The number of carbonyl (C=O) groups excluding carboxylic acids is 2. The van der Waals surface area contributed by atoms with Crippen molar-refractivity contribution in [2.45, 2.75) is 26.3 Å². The molecule has 5 nitrogen and oxygen atoms in total. The van der Waals surface area contributed by atoms with E-state index in [9.17, 15) is 9.59 Å². The second kappa shape index (κ2) is 5.94. The molecule has 0 aromatic heterocycles. The molecule has 1 aliphatic rings. The fraction of sp³-hybridized carbons (Fsp3) is 0.467. The second-order valence-corrected chi connectivity index (χ2v) is 5.48. The number of para-hydroxylation sites is 1. The minimum atomic E-state index is -0.325. The van der Waals surface area contributed by atoms with Gasteiger partial charge in [0.05, 0.1) is 11.5 Å². The Bertz CT molecular complexity index is 514. The third kappa shape index (κ3) is 3.10. The number of nitrogens with two attached hydrogens (primary N) is 1. The van der Waals surface area contributed by atoms with Crippen LogP contribution in [-0.2, 0) is 4.79 Å². The average molecular weight is 275 g/mol. The number of likely N-dealkylation sites (tertiary alicyclic amines) is 1. The van der Waals surface area contributed by atoms with Crippen LogP contribution < -0.4 is 11.1 Å². The van der Waals surface area contributed by atoms with Crippen molar-refractivity contribution in [1.29, 1.82) is 0 Å². The number of carbonyl (C=O) groups is 2. The molecule has 0 bridgehead atoms. The average Bonchev–Trinajstić information content (AvgIpc) is 2.87. The Morgan fingerprint density at radius 2 is 2.05 bits per heavy atom. The lowest BCUT2D eigenvalue weighted by Gasteiger charge is -2.20. The summed E-state index contributed by atoms with van der Waals surface area (Å²) < 4.78 is 0. The lowest BCUT2D eigenvalue weighted by molar-refractivity contribution is -0.121. The second-order valence-electron chi connectivity index (χ2n) is 5.48. The van der Waals surface area contributed by atoms with Gasteiger partial charge in [0.1, 0.15) is 0 Å². The first kappa shape index (κ1) is 14.4. The molecule has 0 radical (unpaired) electrons. The van der Waals surface area contributed by atoms with E-state index < -0.39 is 0 Å². The number of nitrogens with zero attached hydrogens (tertiary/aromatic N) is 1. The van der Waals surface area contributed by atoms with Crippen LogP contribution in [0.3, 0.4) is 0 Å². The minimum Gasteiger partial charge on any atom is -0.382 e. The molecular formula is C15H21N3O2. The number of hydrogen-bond donors (Lipinski definition) is 2. The van der Waals surface area contributed by atoms with Crippen LogP contribution >= 0.6 is 0 Å². The molecule has 5 heteroatoms. The van der Waals surface area contributed by atoms with Gasteiger partial charge in [-0.25, -0.2) is 0 Å². The summed E-state index contributed by atoms with van der Waals surface area (Å²) in [5, 5.41) is 3.27. The first-order chi connectivity index (χ1) is 9.49. The van der Waals surface area contributed by atoms with Gasteiger partial charge >= 0.3 is 0 Å². The van der Waals surface area contributed by atoms with E-state index in [4.69, 9.17) is 5.73 Å². The number of benzene rings is 1. The zero-order valence-corrected chi connectivity index (χ0v) is 11.9. The van der Waals surface area contributed by atoms with Gasteiger partial charge in [-0.2, -0.15) is 0 Å². The lowest BCUT2D eigenvalue weighted by atomic mass is 10.1. The molecule has 1 saturated heterocycles. The topological polar surface area (TPSA) is 75.4 Å². The van der Waals surface area contributed by atoms with Gasteiger partial charge in [0.2, 0.25) is 5.91 Å². The van der Waals surface area contributed by atoms with Gasteiger partial charge in [0.15, 0.2) is 0 Å². The highest BCUT2D eigenvalue weighted by Gasteiger charge is 2.30.